The Morgan fingerprint density at radius 2 is 2.12 bits per heavy atom. The van der Waals surface area contributed by atoms with Gasteiger partial charge in [0.15, 0.2) is 0 Å². The standard InChI is InChI=1S/C14H17N3O.C4H9NO.C2H6/c1-11(9-12-5-3-2-4-6-12)17-14(18)13-10-15-7-8-16-13;1-2-3-5-4-6;1-2/h2-3,5,7-8,10-11H,4,6,9H2,1H3,(H,17,18);4H,2-3H2,1H3,(H,5,6);1-2H3. The van der Waals surface area contributed by atoms with Crippen molar-refractivity contribution in [2.45, 2.75) is 59.4 Å². The third-order valence-corrected chi connectivity index (χ3v) is 3.32. The van der Waals surface area contributed by atoms with Crippen LogP contribution in [0, 0.1) is 0 Å². The molecule has 2 rings (SSSR count). The Morgan fingerprint density at radius 1 is 1.35 bits per heavy atom. The lowest BCUT2D eigenvalue weighted by Gasteiger charge is -2.16. The summed E-state index contributed by atoms with van der Waals surface area (Å²) >= 11 is 0. The van der Waals surface area contributed by atoms with Crippen LogP contribution in [0.15, 0.2) is 42.4 Å². The molecule has 0 radical (unpaired) electrons. The maximum Gasteiger partial charge on any atom is 0.271 e. The zero-order chi connectivity index (χ0) is 19.6. The lowest BCUT2D eigenvalue weighted by atomic mass is 9.99. The zero-order valence-corrected chi connectivity index (χ0v) is 16.4. The lowest BCUT2D eigenvalue weighted by Crippen LogP contribution is -2.33. The monoisotopic (exact) mass is 360 g/mol. The van der Waals surface area contributed by atoms with E-state index in [-0.39, 0.29) is 11.9 Å². The normalized spacial score (nSPS) is 13.0. The molecule has 0 saturated heterocycles. The number of aromatic nitrogens is 2. The Labute approximate surface area is 157 Å². The summed E-state index contributed by atoms with van der Waals surface area (Å²) in [4.78, 5) is 29.2. The number of allylic oxidation sites excluding steroid dienone is 3. The van der Waals surface area contributed by atoms with Crippen LogP contribution in [0.25, 0.3) is 0 Å². The Morgan fingerprint density at radius 3 is 2.62 bits per heavy atom. The molecule has 1 aromatic rings. The Balaban J connectivity index is 0.000000667. The zero-order valence-electron chi connectivity index (χ0n) is 16.4. The number of rotatable bonds is 7. The highest BCUT2D eigenvalue weighted by Gasteiger charge is 2.12. The third-order valence-electron chi connectivity index (χ3n) is 3.32. The molecule has 1 aliphatic carbocycles. The smallest absolute Gasteiger partial charge is 0.271 e. The minimum Gasteiger partial charge on any atom is -0.359 e. The molecule has 2 N–H and O–H groups in total. The molecule has 26 heavy (non-hydrogen) atoms. The Bertz CT molecular complexity index is 556. The van der Waals surface area contributed by atoms with Crippen LogP contribution in [0.3, 0.4) is 0 Å². The van der Waals surface area contributed by atoms with Gasteiger partial charge in [-0.05, 0) is 32.6 Å². The van der Waals surface area contributed by atoms with Crippen molar-refractivity contribution in [2.75, 3.05) is 6.54 Å². The maximum absolute atomic E-state index is 11.8. The SMILES string of the molecule is CC.CC(CC1=CC=CCC1)NC(=O)c1cnccn1.CCCNC=O. The summed E-state index contributed by atoms with van der Waals surface area (Å²) in [6.07, 6.45) is 15.7. The van der Waals surface area contributed by atoms with E-state index in [0.29, 0.717) is 12.1 Å². The van der Waals surface area contributed by atoms with E-state index >= 15 is 0 Å². The number of hydrogen-bond donors (Lipinski definition) is 2. The molecule has 0 aliphatic heterocycles. The molecule has 1 heterocycles. The molecule has 0 aromatic carbocycles. The summed E-state index contributed by atoms with van der Waals surface area (Å²) in [7, 11) is 0. The molecule has 1 unspecified atom stereocenters. The van der Waals surface area contributed by atoms with E-state index in [4.69, 9.17) is 0 Å². The van der Waals surface area contributed by atoms with Crippen molar-refractivity contribution in [3.05, 3.63) is 48.1 Å². The highest BCUT2D eigenvalue weighted by molar-refractivity contribution is 5.92. The van der Waals surface area contributed by atoms with Crippen molar-refractivity contribution in [3.8, 4) is 0 Å². The molecule has 6 heteroatoms. The van der Waals surface area contributed by atoms with Gasteiger partial charge in [0.25, 0.3) is 5.91 Å². The van der Waals surface area contributed by atoms with E-state index in [1.807, 2.05) is 27.7 Å². The molecule has 0 spiro atoms. The van der Waals surface area contributed by atoms with E-state index in [9.17, 15) is 9.59 Å². The van der Waals surface area contributed by atoms with Gasteiger partial charge in [-0.1, -0.05) is 44.6 Å². The molecule has 0 saturated carbocycles. The number of carbonyl (C=O) groups excluding carboxylic acids is 2. The summed E-state index contributed by atoms with van der Waals surface area (Å²) in [5.41, 5.74) is 1.74. The molecule has 1 aromatic heterocycles. The van der Waals surface area contributed by atoms with Gasteiger partial charge in [-0.25, -0.2) is 4.98 Å². The highest BCUT2D eigenvalue weighted by atomic mass is 16.2. The van der Waals surface area contributed by atoms with E-state index in [1.165, 1.54) is 18.0 Å². The van der Waals surface area contributed by atoms with Crippen LogP contribution in [-0.2, 0) is 4.79 Å². The summed E-state index contributed by atoms with van der Waals surface area (Å²) in [5, 5.41) is 5.45. The molecule has 2 amide bonds. The molecule has 0 bridgehead atoms. The number of carbonyl (C=O) groups is 2. The molecular weight excluding hydrogens is 328 g/mol. The summed E-state index contributed by atoms with van der Waals surface area (Å²) in [6, 6.07) is 0.109. The fourth-order valence-corrected chi connectivity index (χ4v) is 2.18. The van der Waals surface area contributed by atoms with E-state index in [0.717, 1.165) is 32.2 Å². The van der Waals surface area contributed by atoms with Gasteiger partial charge >= 0.3 is 0 Å². The van der Waals surface area contributed by atoms with Gasteiger partial charge in [0.2, 0.25) is 6.41 Å². The van der Waals surface area contributed by atoms with E-state index in [1.54, 1.807) is 6.20 Å². The van der Waals surface area contributed by atoms with Crippen molar-refractivity contribution < 1.29 is 9.59 Å². The largest absolute Gasteiger partial charge is 0.359 e. The average molecular weight is 361 g/mol. The van der Waals surface area contributed by atoms with Crippen LogP contribution < -0.4 is 10.6 Å². The first-order chi connectivity index (χ1) is 12.7. The van der Waals surface area contributed by atoms with Crippen LogP contribution >= 0.6 is 0 Å². The van der Waals surface area contributed by atoms with Crippen LogP contribution in [0.1, 0.15) is 63.9 Å². The molecule has 1 aliphatic rings. The van der Waals surface area contributed by atoms with Gasteiger partial charge in [0.05, 0.1) is 6.20 Å². The lowest BCUT2D eigenvalue weighted by molar-refractivity contribution is -0.109. The summed E-state index contributed by atoms with van der Waals surface area (Å²) in [6.45, 7) is 8.81. The topological polar surface area (TPSA) is 84.0 Å². The number of nitrogens with one attached hydrogen (secondary N) is 2. The van der Waals surface area contributed by atoms with Gasteiger partial charge in [0.1, 0.15) is 5.69 Å². The highest BCUT2D eigenvalue weighted by Crippen LogP contribution is 2.17. The minimum atomic E-state index is -0.164. The van der Waals surface area contributed by atoms with Gasteiger partial charge in [-0.15, -0.1) is 0 Å². The molecule has 1 atom stereocenters. The first-order valence-corrected chi connectivity index (χ1v) is 9.25. The second-order valence-corrected chi connectivity index (χ2v) is 5.53. The van der Waals surface area contributed by atoms with Crippen LogP contribution in [0.4, 0.5) is 0 Å². The van der Waals surface area contributed by atoms with Crippen molar-refractivity contribution in [2.24, 2.45) is 0 Å². The summed E-state index contributed by atoms with van der Waals surface area (Å²) in [5.74, 6) is -0.164. The average Bonchev–Trinajstić information content (AvgIpc) is 2.69. The van der Waals surface area contributed by atoms with Crippen LogP contribution in [-0.4, -0.2) is 34.9 Å². The van der Waals surface area contributed by atoms with Crippen molar-refractivity contribution in [1.29, 1.82) is 0 Å². The molecule has 6 nitrogen and oxygen atoms in total. The van der Waals surface area contributed by atoms with Crippen LogP contribution in [0.5, 0.6) is 0 Å². The second kappa shape index (κ2) is 16.0. The fraction of sp³-hybridized carbons (Fsp3) is 0.500. The van der Waals surface area contributed by atoms with E-state index < -0.39 is 0 Å². The van der Waals surface area contributed by atoms with Crippen LogP contribution in [0.2, 0.25) is 0 Å². The van der Waals surface area contributed by atoms with Gasteiger partial charge < -0.3 is 10.6 Å². The molecule has 144 valence electrons. The quantitative estimate of drug-likeness (QED) is 0.576. The van der Waals surface area contributed by atoms with Crippen molar-refractivity contribution in [3.63, 3.8) is 0 Å². The third kappa shape index (κ3) is 11.1. The van der Waals surface area contributed by atoms with Crippen molar-refractivity contribution in [1.82, 2.24) is 20.6 Å². The fourth-order valence-electron chi connectivity index (χ4n) is 2.18. The first kappa shape index (κ1) is 23.5. The van der Waals surface area contributed by atoms with Gasteiger partial charge in [-0.2, -0.15) is 0 Å². The molecular formula is C20H32N4O2. The van der Waals surface area contributed by atoms with Crippen molar-refractivity contribution >= 4 is 12.3 Å². The number of amides is 2. The van der Waals surface area contributed by atoms with Gasteiger partial charge in [0, 0.05) is 25.0 Å². The number of nitrogens with zero attached hydrogens (tertiary/aromatic N) is 2. The maximum atomic E-state index is 11.8. The first-order valence-electron chi connectivity index (χ1n) is 9.25. The predicted octanol–water partition coefficient (Wildman–Crippen LogP) is 3.43. The minimum absolute atomic E-state index is 0.109. The van der Waals surface area contributed by atoms with Gasteiger partial charge in [-0.3, -0.25) is 14.6 Å². The Kier molecular flexibility index (Phi) is 14.5. The molecule has 0 fully saturated rings. The predicted molar refractivity (Wildman–Crippen MR) is 106 cm³/mol. The Hall–Kier alpha value is -2.50. The summed E-state index contributed by atoms with van der Waals surface area (Å²) < 4.78 is 0. The second-order valence-electron chi connectivity index (χ2n) is 5.53. The number of hydrogen-bond acceptors (Lipinski definition) is 4. The van der Waals surface area contributed by atoms with E-state index in [2.05, 4.69) is 38.8 Å².